The van der Waals surface area contributed by atoms with Crippen molar-refractivity contribution in [1.29, 1.82) is 5.26 Å². The van der Waals surface area contributed by atoms with Crippen molar-refractivity contribution in [3.05, 3.63) is 96.6 Å². The van der Waals surface area contributed by atoms with Gasteiger partial charge in [-0.3, -0.25) is 4.90 Å². The molecule has 0 saturated carbocycles. The Balaban J connectivity index is 1.70. The number of amides is 1. The van der Waals surface area contributed by atoms with E-state index < -0.39 is 32.7 Å². The summed E-state index contributed by atoms with van der Waals surface area (Å²) >= 11 is 0. The minimum absolute atomic E-state index is 0.103. The molecule has 1 saturated heterocycles. The summed E-state index contributed by atoms with van der Waals surface area (Å²) in [6, 6.07) is 31.4. The number of benzene rings is 3. The Morgan fingerprint density at radius 3 is 2.03 bits per heavy atom. The third-order valence-corrected chi connectivity index (χ3v) is 12.3. The Hall–Kier alpha value is -3.44. The number of ether oxygens (including phenoxy) is 1. The second kappa shape index (κ2) is 12.0. The van der Waals surface area contributed by atoms with Gasteiger partial charge in [-0.2, -0.15) is 5.26 Å². The van der Waals surface area contributed by atoms with Crippen LogP contribution in [-0.2, 0) is 15.8 Å². The van der Waals surface area contributed by atoms with E-state index in [0.29, 0.717) is 13.0 Å². The fraction of sp³-hybridized carbons (Fsp3) is 0.355. The zero-order valence-corrected chi connectivity index (χ0v) is 23.3. The average molecular weight is 529 g/mol. The first-order valence-corrected chi connectivity index (χ1v) is 15.0. The number of rotatable bonds is 8. The van der Waals surface area contributed by atoms with E-state index in [-0.39, 0.29) is 18.1 Å². The van der Waals surface area contributed by atoms with Gasteiger partial charge in [0.25, 0.3) is 8.32 Å². The number of hydrogen-bond acceptors (Lipinski definition) is 5. The van der Waals surface area contributed by atoms with Gasteiger partial charge < -0.3 is 14.3 Å². The highest BCUT2D eigenvalue weighted by Crippen LogP contribution is 2.40. The predicted octanol–water partition coefficient (Wildman–Crippen LogP) is 4.62. The van der Waals surface area contributed by atoms with Gasteiger partial charge >= 0.3 is 6.09 Å². The molecule has 3 aromatic rings. The minimum Gasteiger partial charge on any atom is -0.445 e. The highest BCUT2D eigenvalue weighted by Gasteiger charge is 2.54. The van der Waals surface area contributed by atoms with Gasteiger partial charge in [0.15, 0.2) is 0 Å². The van der Waals surface area contributed by atoms with Gasteiger partial charge in [-0.05, 0) is 27.4 Å². The lowest BCUT2D eigenvalue weighted by Crippen LogP contribution is -2.68. The average Bonchev–Trinajstić information content (AvgIpc) is 3.35. The number of nitriles is 1. The first-order valence-electron chi connectivity index (χ1n) is 13.1. The molecule has 0 aliphatic carbocycles. The molecule has 0 unspecified atom stereocenters. The number of likely N-dealkylation sites (tertiary alicyclic amines) is 1. The van der Waals surface area contributed by atoms with Crippen molar-refractivity contribution in [3.63, 3.8) is 0 Å². The van der Waals surface area contributed by atoms with Crippen molar-refractivity contribution in [3.8, 4) is 6.07 Å². The summed E-state index contributed by atoms with van der Waals surface area (Å²) in [5.41, 5.74) is 0.884. The number of nitrogens with zero attached hydrogens (tertiary/aromatic N) is 2. The van der Waals surface area contributed by atoms with Crippen LogP contribution in [0.25, 0.3) is 0 Å². The van der Waals surface area contributed by atoms with E-state index in [1.807, 2.05) is 66.7 Å². The third kappa shape index (κ3) is 5.68. The van der Waals surface area contributed by atoms with Crippen molar-refractivity contribution < 1.29 is 19.1 Å². The van der Waals surface area contributed by atoms with E-state index in [0.717, 1.165) is 15.9 Å². The lowest BCUT2D eigenvalue weighted by Gasteiger charge is -2.46. The van der Waals surface area contributed by atoms with Gasteiger partial charge in [-0.25, -0.2) is 4.79 Å². The van der Waals surface area contributed by atoms with Crippen LogP contribution in [0, 0.1) is 11.3 Å². The number of carbonyl (C=O) groups excluding carboxylic acids is 1. The number of hydrogen-bond donors (Lipinski definition) is 1. The Morgan fingerprint density at radius 1 is 1.00 bits per heavy atom. The molecule has 7 heteroatoms. The molecular formula is C31H36N2O4Si. The molecule has 1 fully saturated rings. The SMILES string of the molecule is CC(C)(C)[Si](O[C@@H]1CCN(C(=O)OCc2ccccc2)[C@@H]1[C@@H](O)CC#N)(c1ccccc1)c1ccccc1. The summed E-state index contributed by atoms with van der Waals surface area (Å²) in [5, 5.41) is 22.5. The van der Waals surface area contributed by atoms with Crippen molar-refractivity contribution in [2.24, 2.45) is 0 Å². The standard InChI is InChI=1S/C31H36N2O4Si/c1-31(2,3)38(25-15-9-5-10-16-25,26-17-11-6-12-18-26)37-28-20-22-33(29(28)27(34)19-21-32)30(35)36-23-24-13-7-4-8-14-24/h4-18,27-29,34H,19-20,22-23H2,1-3H3/t27-,28+,29+/m0/s1. The normalized spacial score (nSPS) is 18.6. The van der Waals surface area contributed by atoms with E-state index in [2.05, 4.69) is 51.1 Å². The molecule has 1 aliphatic rings. The molecule has 1 N–H and O–H groups in total. The molecule has 1 heterocycles. The van der Waals surface area contributed by atoms with Crippen molar-refractivity contribution in [1.82, 2.24) is 4.90 Å². The number of carbonyl (C=O) groups is 1. The van der Waals surface area contributed by atoms with Crippen LogP contribution < -0.4 is 10.4 Å². The van der Waals surface area contributed by atoms with Crippen molar-refractivity contribution in [2.75, 3.05) is 6.54 Å². The molecule has 198 valence electrons. The molecule has 0 spiro atoms. The van der Waals surface area contributed by atoms with Crippen molar-refractivity contribution in [2.45, 2.75) is 63.5 Å². The maximum Gasteiger partial charge on any atom is 0.410 e. The van der Waals surface area contributed by atoms with Crippen LogP contribution in [0.1, 0.15) is 39.2 Å². The Morgan fingerprint density at radius 2 is 1.53 bits per heavy atom. The minimum atomic E-state index is -2.93. The maximum absolute atomic E-state index is 13.3. The Labute approximate surface area is 226 Å². The third-order valence-electron chi connectivity index (χ3n) is 7.27. The van der Waals surface area contributed by atoms with Crippen LogP contribution >= 0.6 is 0 Å². The lowest BCUT2D eigenvalue weighted by atomic mass is 10.0. The summed E-state index contributed by atoms with van der Waals surface area (Å²) in [6.07, 6.45) is -1.60. The van der Waals surface area contributed by atoms with E-state index in [4.69, 9.17) is 9.16 Å². The molecule has 0 bridgehead atoms. The Kier molecular flexibility index (Phi) is 8.68. The molecule has 1 aliphatic heterocycles. The second-order valence-electron chi connectivity index (χ2n) is 10.8. The molecule has 3 atom stereocenters. The molecule has 0 radical (unpaired) electrons. The fourth-order valence-corrected chi connectivity index (χ4v) is 10.2. The van der Waals surface area contributed by atoms with Crippen LogP contribution in [0.15, 0.2) is 91.0 Å². The summed E-state index contributed by atoms with van der Waals surface area (Å²) in [6.45, 7) is 7.10. The fourth-order valence-electron chi connectivity index (χ4n) is 5.52. The van der Waals surface area contributed by atoms with Crippen LogP contribution in [0.4, 0.5) is 4.79 Å². The first-order chi connectivity index (χ1) is 18.3. The maximum atomic E-state index is 13.3. The molecular weight excluding hydrogens is 492 g/mol. The summed E-state index contributed by atoms with van der Waals surface area (Å²) in [7, 11) is -2.93. The van der Waals surface area contributed by atoms with Gasteiger partial charge in [-0.1, -0.05) is 112 Å². The molecule has 4 rings (SSSR count). The van der Waals surface area contributed by atoms with Crippen LogP contribution in [0.3, 0.4) is 0 Å². The van der Waals surface area contributed by atoms with E-state index in [9.17, 15) is 15.2 Å². The quantitative estimate of drug-likeness (QED) is 0.432. The number of aliphatic hydroxyl groups is 1. The number of aliphatic hydroxyl groups excluding tert-OH is 1. The van der Waals surface area contributed by atoms with E-state index in [1.54, 1.807) is 4.90 Å². The monoisotopic (exact) mass is 528 g/mol. The van der Waals surface area contributed by atoms with Gasteiger partial charge in [-0.15, -0.1) is 0 Å². The zero-order chi connectivity index (χ0) is 27.2. The summed E-state index contributed by atoms with van der Waals surface area (Å²) < 4.78 is 12.9. The highest BCUT2D eigenvalue weighted by molar-refractivity contribution is 6.99. The van der Waals surface area contributed by atoms with Crippen LogP contribution in [-0.4, -0.2) is 49.2 Å². The second-order valence-corrected chi connectivity index (χ2v) is 15.0. The zero-order valence-electron chi connectivity index (χ0n) is 22.3. The molecule has 6 nitrogen and oxygen atoms in total. The van der Waals surface area contributed by atoms with Crippen molar-refractivity contribution >= 4 is 24.8 Å². The van der Waals surface area contributed by atoms with Gasteiger partial charge in [0.05, 0.1) is 30.7 Å². The van der Waals surface area contributed by atoms with Crippen LogP contribution in [0.5, 0.6) is 0 Å². The van der Waals surface area contributed by atoms with Gasteiger partial charge in [0.2, 0.25) is 0 Å². The van der Waals surface area contributed by atoms with E-state index >= 15 is 0 Å². The summed E-state index contributed by atoms with van der Waals surface area (Å²) in [5.74, 6) is 0. The largest absolute Gasteiger partial charge is 0.445 e. The first kappa shape index (κ1) is 27.6. The van der Waals surface area contributed by atoms with Crippen LogP contribution in [0.2, 0.25) is 5.04 Å². The topological polar surface area (TPSA) is 82.8 Å². The Bertz CT molecular complexity index is 1190. The lowest BCUT2D eigenvalue weighted by molar-refractivity contribution is 0.0152. The predicted molar refractivity (Wildman–Crippen MR) is 150 cm³/mol. The van der Waals surface area contributed by atoms with Gasteiger partial charge in [0.1, 0.15) is 6.61 Å². The smallest absolute Gasteiger partial charge is 0.410 e. The molecule has 1 amide bonds. The molecule has 38 heavy (non-hydrogen) atoms. The highest BCUT2D eigenvalue weighted by atomic mass is 28.4. The summed E-state index contributed by atoms with van der Waals surface area (Å²) in [4.78, 5) is 14.8. The van der Waals surface area contributed by atoms with E-state index in [1.165, 1.54) is 0 Å². The molecule has 0 aromatic heterocycles. The van der Waals surface area contributed by atoms with Gasteiger partial charge in [0, 0.05) is 6.54 Å². The molecule has 3 aromatic carbocycles.